The summed E-state index contributed by atoms with van der Waals surface area (Å²) >= 11 is 12.3. The van der Waals surface area contributed by atoms with Crippen LogP contribution in [0.25, 0.3) is 6.08 Å². The van der Waals surface area contributed by atoms with Gasteiger partial charge in [0.1, 0.15) is 0 Å². The number of hydrogen-bond acceptors (Lipinski definition) is 2. The summed E-state index contributed by atoms with van der Waals surface area (Å²) in [7, 11) is 1.72. The number of halogens is 2. The zero-order chi connectivity index (χ0) is 19.6. The molecule has 0 fully saturated rings. The number of carbonyl (C=O) groups is 2. The maximum absolute atomic E-state index is 12.9. The lowest BCUT2D eigenvalue weighted by Crippen LogP contribution is -2.35. The Labute approximate surface area is 169 Å². The van der Waals surface area contributed by atoms with Gasteiger partial charge in [-0.1, -0.05) is 59.6 Å². The highest BCUT2D eigenvalue weighted by Gasteiger charge is 2.29. The SMILES string of the molecule is CC(=O)N1C=Cc2ccccc2C1CC(=O)N(C)Cc1cccc(Cl)c1Cl. The van der Waals surface area contributed by atoms with Gasteiger partial charge in [-0.15, -0.1) is 0 Å². The van der Waals surface area contributed by atoms with Crippen LogP contribution in [0.1, 0.15) is 36.1 Å². The number of carbonyl (C=O) groups excluding carboxylic acids is 2. The maximum Gasteiger partial charge on any atom is 0.225 e. The van der Waals surface area contributed by atoms with Gasteiger partial charge in [0.2, 0.25) is 11.8 Å². The van der Waals surface area contributed by atoms with Crippen LogP contribution in [0.5, 0.6) is 0 Å². The van der Waals surface area contributed by atoms with Crippen molar-refractivity contribution in [2.75, 3.05) is 7.05 Å². The fourth-order valence-electron chi connectivity index (χ4n) is 3.25. The predicted octanol–water partition coefficient (Wildman–Crippen LogP) is 4.92. The Bertz CT molecular complexity index is 911. The molecular formula is C21H20Cl2N2O2. The summed E-state index contributed by atoms with van der Waals surface area (Å²) in [6.07, 6.45) is 3.83. The molecular weight excluding hydrogens is 383 g/mol. The fraction of sp³-hybridized carbons (Fsp3) is 0.238. The lowest BCUT2D eigenvalue weighted by atomic mass is 9.93. The second kappa shape index (κ2) is 8.15. The third-order valence-corrected chi connectivity index (χ3v) is 5.56. The summed E-state index contributed by atoms with van der Waals surface area (Å²) in [6.45, 7) is 1.85. The average molecular weight is 403 g/mol. The predicted molar refractivity (Wildman–Crippen MR) is 108 cm³/mol. The Kier molecular flexibility index (Phi) is 5.88. The molecule has 1 unspecified atom stereocenters. The number of hydrogen-bond donors (Lipinski definition) is 0. The van der Waals surface area contributed by atoms with Crippen molar-refractivity contribution < 1.29 is 9.59 Å². The Balaban J connectivity index is 1.79. The summed E-state index contributed by atoms with van der Waals surface area (Å²) in [4.78, 5) is 28.2. The summed E-state index contributed by atoms with van der Waals surface area (Å²) in [5.74, 6) is -0.175. The lowest BCUT2D eigenvalue weighted by Gasteiger charge is -2.33. The molecule has 140 valence electrons. The van der Waals surface area contributed by atoms with Crippen LogP contribution < -0.4 is 0 Å². The van der Waals surface area contributed by atoms with Crippen LogP contribution in [0.15, 0.2) is 48.7 Å². The molecule has 1 aliphatic heterocycles. The molecule has 0 N–H and O–H groups in total. The molecule has 27 heavy (non-hydrogen) atoms. The van der Waals surface area contributed by atoms with Crippen molar-refractivity contribution in [1.82, 2.24) is 9.80 Å². The van der Waals surface area contributed by atoms with Gasteiger partial charge in [0.05, 0.1) is 22.5 Å². The monoisotopic (exact) mass is 402 g/mol. The summed E-state index contributed by atoms with van der Waals surface area (Å²) in [5, 5.41) is 0.916. The first kappa shape index (κ1) is 19.5. The van der Waals surface area contributed by atoms with E-state index in [1.165, 1.54) is 6.92 Å². The zero-order valence-electron chi connectivity index (χ0n) is 15.2. The van der Waals surface area contributed by atoms with Crippen molar-refractivity contribution in [3.8, 4) is 0 Å². The number of rotatable bonds is 4. The number of nitrogens with zero attached hydrogens (tertiary/aromatic N) is 2. The molecule has 0 spiro atoms. The molecule has 0 bridgehead atoms. The normalized spacial score (nSPS) is 15.4. The minimum Gasteiger partial charge on any atom is -0.341 e. The van der Waals surface area contributed by atoms with Gasteiger partial charge in [0.15, 0.2) is 0 Å². The molecule has 0 radical (unpaired) electrons. The van der Waals surface area contributed by atoms with E-state index in [1.807, 2.05) is 42.5 Å². The maximum atomic E-state index is 12.9. The summed E-state index contributed by atoms with van der Waals surface area (Å²) in [6, 6.07) is 12.8. The largest absolute Gasteiger partial charge is 0.341 e. The van der Waals surface area contributed by atoms with Crippen LogP contribution in [0, 0.1) is 0 Å². The van der Waals surface area contributed by atoms with Gasteiger partial charge in [-0.05, 0) is 28.8 Å². The third kappa shape index (κ3) is 4.18. The molecule has 0 saturated heterocycles. The molecule has 2 amide bonds. The quantitative estimate of drug-likeness (QED) is 0.728. The standard InChI is InChI=1S/C21H20Cl2N2O2/c1-14(26)25-11-10-15-6-3-4-8-17(15)19(25)12-20(27)24(2)13-16-7-5-9-18(22)21(16)23/h3-11,19H,12-13H2,1-2H3. The zero-order valence-corrected chi connectivity index (χ0v) is 16.7. The number of amides is 2. The van der Waals surface area contributed by atoms with E-state index in [-0.39, 0.29) is 24.3 Å². The molecule has 0 aliphatic carbocycles. The van der Waals surface area contributed by atoms with Crippen LogP contribution in [0.3, 0.4) is 0 Å². The average Bonchev–Trinajstić information content (AvgIpc) is 2.65. The molecule has 1 aliphatic rings. The summed E-state index contributed by atoms with van der Waals surface area (Å²) in [5.41, 5.74) is 2.78. The Morgan fingerprint density at radius 3 is 2.59 bits per heavy atom. The van der Waals surface area contributed by atoms with Gasteiger partial charge in [0, 0.05) is 26.7 Å². The number of fused-ring (bicyclic) bond motifs is 1. The van der Waals surface area contributed by atoms with Crippen molar-refractivity contribution in [1.29, 1.82) is 0 Å². The van der Waals surface area contributed by atoms with E-state index in [0.29, 0.717) is 16.6 Å². The van der Waals surface area contributed by atoms with Gasteiger partial charge < -0.3 is 9.80 Å². The first-order valence-electron chi connectivity index (χ1n) is 8.61. The van der Waals surface area contributed by atoms with E-state index < -0.39 is 0 Å². The van der Waals surface area contributed by atoms with Crippen LogP contribution in [-0.2, 0) is 16.1 Å². The fourth-order valence-corrected chi connectivity index (χ4v) is 3.63. The van der Waals surface area contributed by atoms with Gasteiger partial charge in [-0.2, -0.15) is 0 Å². The molecule has 0 aromatic heterocycles. The van der Waals surface area contributed by atoms with E-state index in [4.69, 9.17) is 23.2 Å². The van der Waals surface area contributed by atoms with Gasteiger partial charge in [-0.25, -0.2) is 0 Å². The van der Waals surface area contributed by atoms with Crippen molar-refractivity contribution in [3.05, 3.63) is 75.4 Å². The molecule has 1 heterocycles. The molecule has 3 rings (SSSR count). The van der Waals surface area contributed by atoms with Gasteiger partial charge >= 0.3 is 0 Å². The highest BCUT2D eigenvalue weighted by molar-refractivity contribution is 6.42. The first-order valence-corrected chi connectivity index (χ1v) is 9.37. The van der Waals surface area contributed by atoms with Crippen molar-refractivity contribution >= 4 is 41.1 Å². The third-order valence-electron chi connectivity index (χ3n) is 4.70. The molecule has 6 heteroatoms. The minimum absolute atomic E-state index is 0.0765. The van der Waals surface area contributed by atoms with Gasteiger partial charge in [0.25, 0.3) is 0 Å². The minimum atomic E-state index is -0.325. The van der Waals surface area contributed by atoms with Gasteiger partial charge in [-0.3, -0.25) is 9.59 Å². The second-order valence-electron chi connectivity index (χ2n) is 6.55. The molecule has 4 nitrogen and oxygen atoms in total. The van der Waals surface area contributed by atoms with E-state index in [1.54, 1.807) is 29.1 Å². The summed E-state index contributed by atoms with van der Waals surface area (Å²) < 4.78 is 0. The Hall–Kier alpha value is -2.30. The molecule has 2 aromatic rings. The first-order chi connectivity index (χ1) is 12.9. The molecule has 0 saturated carbocycles. The van der Waals surface area contributed by atoms with Crippen molar-refractivity contribution in [3.63, 3.8) is 0 Å². The van der Waals surface area contributed by atoms with Crippen LogP contribution in [-0.4, -0.2) is 28.7 Å². The van der Waals surface area contributed by atoms with Crippen LogP contribution in [0.2, 0.25) is 10.0 Å². The highest BCUT2D eigenvalue weighted by atomic mass is 35.5. The smallest absolute Gasteiger partial charge is 0.225 e. The number of benzene rings is 2. The van der Waals surface area contributed by atoms with E-state index in [9.17, 15) is 9.59 Å². The van der Waals surface area contributed by atoms with E-state index >= 15 is 0 Å². The van der Waals surface area contributed by atoms with Crippen LogP contribution in [0.4, 0.5) is 0 Å². The Morgan fingerprint density at radius 2 is 1.85 bits per heavy atom. The lowest BCUT2D eigenvalue weighted by molar-refractivity contribution is -0.134. The van der Waals surface area contributed by atoms with Crippen LogP contribution >= 0.6 is 23.2 Å². The highest BCUT2D eigenvalue weighted by Crippen LogP contribution is 2.33. The topological polar surface area (TPSA) is 40.6 Å². The Morgan fingerprint density at radius 1 is 1.11 bits per heavy atom. The molecule has 2 aromatic carbocycles. The van der Waals surface area contributed by atoms with E-state index in [2.05, 4.69) is 0 Å². The second-order valence-corrected chi connectivity index (χ2v) is 7.34. The van der Waals surface area contributed by atoms with E-state index in [0.717, 1.165) is 16.7 Å². The van der Waals surface area contributed by atoms with Crippen molar-refractivity contribution in [2.24, 2.45) is 0 Å². The van der Waals surface area contributed by atoms with Crippen molar-refractivity contribution in [2.45, 2.75) is 25.9 Å². The molecule has 1 atom stereocenters.